The molecule has 1 aromatic carbocycles. The Morgan fingerprint density at radius 1 is 1.16 bits per heavy atom. The Morgan fingerprint density at radius 3 is 2.75 bits per heavy atom. The van der Waals surface area contributed by atoms with E-state index in [1.165, 1.54) is 18.2 Å². The van der Waals surface area contributed by atoms with Gasteiger partial charge in [0.15, 0.2) is 5.16 Å². The maximum absolute atomic E-state index is 13.1. The number of unbranched alkanes of at least 4 members (excludes halogenated alkanes) is 2. The van der Waals surface area contributed by atoms with Crippen molar-refractivity contribution in [2.45, 2.75) is 70.5 Å². The molecule has 2 heterocycles. The minimum absolute atomic E-state index is 0.0365. The van der Waals surface area contributed by atoms with Gasteiger partial charge in [-0.2, -0.15) is 0 Å². The number of hydrogen-bond donors (Lipinski definition) is 0. The lowest BCUT2D eigenvalue weighted by Crippen LogP contribution is -2.32. The number of carbonyl (C=O) groups is 1. The Kier molecular flexibility index (Phi) is 7.29. The highest BCUT2D eigenvalue weighted by Crippen LogP contribution is 2.25. The molecule has 1 aliphatic carbocycles. The first-order valence-electron chi connectivity index (χ1n) is 11.6. The second-order valence-corrected chi connectivity index (χ2v) is 9.11. The van der Waals surface area contributed by atoms with E-state index in [-0.39, 0.29) is 17.2 Å². The highest BCUT2D eigenvalue weighted by Gasteiger charge is 2.21. The molecule has 0 saturated carbocycles. The van der Waals surface area contributed by atoms with E-state index in [0.717, 1.165) is 49.7 Å². The van der Waals surface area contributed by atoms with Crippen LogP contribution in [-0.4, -0.2) is 42.3 Å². The fourth-order valence-corrected chi connectivity index (χ4v) is 5.17. The number of para-hydroxylation sites is 1. The second kappa shape index (κ2) is 10.3. The summed E-state index contributed by atoms with van der Waals surface area (Å²) in [5.41, 5.74) is 1.89. The number of amides is 1. The SMILES string of the molecule is CCCCCn1c(=O)c2ccccc2n2c(SCC(=O)N(CC)C3=CCCCC3)nnc12. The average molecular weight is 454 g/mol. The molecule has 32 heavy (non-hydrogen) atoms. The molecule has 0 N–H and O–H groups in total. The van der Waals surface area contributed by atoms with Gasteiger partial charge in [0, 0.05) is 18.8 Å². The highest BCUT2D eigenvalue weighted by molar-refractivity contribution is 7.99. The van der Waals surface area contributed by atoms with Crippen LogP contribution < -0.4 is 5.56 Å². The van der Waals surface area contributed by atoms with Crippen molar-refractivity contribution in [3.63, 3.8) is 0 Å². The number of aryl methyl sites for hydroxylation is 1. The maximum Gasteiger partial charge on any atom is 0.262 e. The highest BCUT2D eigenvalue weighted by atomic mass is 32.2. The van der Waals surface area contributed by atoms with Crippen LogP contribution in [0.5, 0.6) is 0 Å². The van der Waals surface area contributed by atoms with E-state index < -0.39 is 0 Å². The number of allylic oxidation sites excluding steroid dienone is 2. The summed E-state index contributed by atoms with van der Waals surface area (Å²) < 4.78 is 3.65. The minimum Gasteiger partial charge on any atom is -0.316 e. The zero-order valence-corrected chi connectivity index (χ0v) is 19.7. The molecular formula is C24H31N5O2S. The predicted molar refractivity (Wildman–Crippen MR) is 129 cm³/mol. The zero-order valence-electron chi connectivity index (χ0n) is 18.9. The van der Waals surface area contributed by atoms with Gasteiger partial charge in [-0.05, 0) is 51.2 Å². The van der Waals surface area contributed by atoms with Crippen LogP contribution in [0.1, 0.15) is 58.8 Å². The lowest BCUT2D eigenvalue weighted by Gasteiger charge is -2.26. The molecule has 4 rings (SSSR count). The third-order valence-electron chi connectivity index (χ3n) is 6.02. The van der Waals surface area contributed by atoms with Crippen LogP contribution in [0, 0.1) is 0 Å². The van der Waals surface area contributed by atoms with Crippen molar-refractivity contribution in [3.8, 4) is 0 Å². The second-order valence-electron chi connectivity index (χ2n) is 8.17. The summed E-state index contributed by atoms with van der Waals surface area (Å²) in [4.78, 5) is 28.0. The summed E-state index contributed by atoms with van der Waals surface area (Å²) in [6.07, 6.45) is 9.60. The molecule has 7 nitrogen and oxygen atoms in total. The number of carbonyl (C=O) groups excluding carboxylic acids is 1. The fraction of sp³-hybridized carbons (Fsp3) is 0.500. The largest absolute Gasteiger partial charge is 0.316 e. The molecule has 0 spiro atoms. The lowest BCUT2D eigenvalue weighted by molar-refractivity contribution is -0.126. The van der Waals surface area contributed by atoms with Gasteiger partial charge in [-0.25, -0.2) is 0 Å². The fourth-order valence-electron chi connectivity index (χ4n) is 4.36. The quantitative estimate of drug-likeness (QED) is 0.349. The van der Waals surface area contributed by atoms with Crippen LogP contribution in [0.25, 0.3) is 16.7 Å². The molecule has 0 atom stereocenters. The summed E-state index contributed by atoms with van der Waals surface area (Å²) in [7, 11) is 0. The first kappa shape index (κ1) is 22.6. The van der Waals surface area contributed by atoms with Gasteiger partial charge in [0.1, 0.15) is 0 Å². The monoisotopic (exact) mass is 453 g/mol. The van der Waals surface area contributed by atoms with Crippen molar-refractivity contribution in [3.05, 3.63) is 46.4 Å². The average Bonchev–Trinajstić information content (AvgIpc) is 3.25. The number of thioether (sulfide) groups is 1. The van der Waals surface area contributed by atoms with Crippen LogP contribution in [-0.2, 0) is 11.3 Å². The number of benzene rings is 1. The smallest absolute Gasteiger partial charge is 0.262 e. The van der Waals surface area contributed by atoms with Gasteiger partial charge in [0.05, 0.1) is 16.7 Å². The van der Waals surface area contributed by atoms with Crippen molar-refractivity contribution in [1.29, 1.82) is 0 Å². The maximum atomic E-state index is 13.1. The Labute approximate surface area is 192 Å². The molecule has 2 aromatic heterocycles. The van der Waals surface area contributed by atoms with E-state index in [0.29, 0.717) is 29.4 Å². The van der Waals surface area contributed by atoms with E-state index in [4.69, 9.17) is 0 Å². The van der Waals surface area contributed by atoms with Crippen molar-refractivity contribution in [1.82, 2.24) is 24.1 Å². The van der Waals surface area contributed by atoms with Crippen molar-refractivity contribution < 1.29 is 4.79 Å². The summed E-state index contributed by atoms with van der Waals surface area (Å²) in [5, 5.41) is 10.0. The van der Waals surface area contributed by atoms with Crippen LogP contribution in [0.2, 0.25) is 0 Å². The van der Waals surface area contributed by atoms with E-state index >= 15 is 0 Å². The molecular weight excluding hydrogens is 422 g/mol. The number of fused-ring (bicyclic) bond motifs is 3. The van der Waals surface area contributed by atoms with Gasteiger partial charge >= 0.3 is 0 Å². The summed E-state index contributed by atoms with van der Waals surface area (Å²) in [5.74, 6) is 0.917. The number of nitrogens with zero attached hydrogens (tertiary/aromatic N) is 5. The topological polar surface area (TPSA) is 72.5 Å². The molecule has 8 heteroatoms. The van der Waals surface area contributed by atoms with E-state index in [1.54, 1.807) is 4.57 Å². The molecule has 170 valence electrons. The first-order valence-corrected chi connectivity index (χ1v) is 12.6. The molecule has 3 aromatic rings. The van der Waals surface area contributed by atoms with E-state index in [2.05, 4.69) is 23.2 Å². The predicted octanol–water partition coefficient (Wildman–Crippen LogP) is 4.63. The standard InChI is InChI=1S/C24H31N5O2S/c1-3-5-11-16-28-22(31)19-14-9-10-15-20(19)29-23(28)25-26-24(29)32-17-21(30)27(4-2)18-12-7-6-8-13-18/h9-10,12,14-15H,3-8,11,13,16-17H2,1-2H3. The number of rotatable bonds is 9. The van der Waals surface area contributed by atoms with Gasteiger partial charge < -0.3 is 4.90 Å². The number of hydrogen-bond acceptors (Lipinski definition) is 5. The van der Waals surface area contributed by atoms with Gasteiger partial charge in [-0.3, -0.25) is 18.6 Å². The van der Waals surface area contributed by atoms with Gasteiger partial charge in [0.25, 0.3) is 5.56 Å². The van der Waals surface area contributed by atoms with Crippen LogP contribution in [0.3, 0.4) is 0 Å². The molecule has 0 radical (unpaired) electrons. The van der Waals surface area contributed by atoms with E-state index in [1.807, 2.05) is 40.5 Å². The molecule has 0 saturated heterocycles. The molecule has 1 aliphatic rings. The van der Waals surface area contributed by atoms with Crippen molar-refractivity contribution >= 4 is 34.3 Å². The summed E-state index contributed by atoms with van der Waals surface area (Å²) in [6, 6.07) is 7.56. The Balaban J connectivity index is 1.65. The zero-order chi connectivity index (χ0) is 22.5. The third kappa shape index (κ3) is 4.46. The van der Waals surface area contributed by atoms with Crippen LogP contribution in [0.15, 0.2) is 46.0 Å². The Morgan fingerprint density at radius 2 is 2.00 bits per heavy atom. The van der Waals surface area contributed by atoms with Crippen molar-refractivity contribution in [2.24, 2.45) is 0 Å². The molecule has 0 fully saturated rings. The van der Waals surface area contributed by atoms with E-state index in [9.17, 15) is 9.59 Å². The molecule has 0 bridgehead atoms. The van der Waals surface area contributed by atoms with Crippen molar-refractivity contribution in [2.75, 3.05) is 12.3 Å². The van der Waals surface area contributed by atoms with Crippen LogP contribution >= 0.6 is 11.8 Å². The Hall–Kier alpha value is -2.61. The lowest BCUT2D eigenvalue weighted by atomic mass is 10.0. The van der Waals surface area contributed by atoms with Gasteiger partial charge in [0.2, 0.25) is 11.7 Å². The Bertz CT molecular complexity index is 1200. The summed E-state index contributed by atoms with van der Waals surface area (Å²) >= 11 is 1.39. The third-order valence-corrected chi connectivity index (χ3v) is 6.93. The molecule has 0 unspecified atom stereocenters. The van der Waals surface area contributed by atoms with Crippen LogP contribution in [0.4, 0.5) is 0 Å². The summed E-state index contributed by atoms with van der Waals surface area (Å²) in [6.45, 7) is 5.45. The first-order chi connectivity index (χ1) is 15.7. The van der Waals surface area contributed by atoms with Gasteiger partial charge in [-0.1, -0.05) is 49.7 Å². The molecule has 0 aliphatic heterocycles. The molecule has 1 amide bonds. The van der Waals surface area contributed by atoms with Gasteiger partial charge in [-0.15, -0.1) is 10.2 Å². The number of aromatic nitrogens is 4. The normalized spacial score (nSPS) is 14.1. The minimum atomic E-state index is -0.0365.